The standard InChI is InChI=1S/C11H16FN3O2S.C2H6/c1-10-8-11(2-3-13-10)9-14-4-6-15(7-5-14)18(12,16)17;1-2/h2-3,8H,4-7,9H2,1H3;1-2H3. The van der Waals surface area contributed by atoms with Crippen molar-refractivity contribution in [3.8, 4) is 0 Å². The van der Waals surface area contributed by atoms with E-state index in [-0.39, 0.29) is 13.1 Å². The van der Waals surface area contributed by atoms with Crippen LogP contribution in [0.5, 0.6) is 0 Å². The molecule has 2 heterocycles. The SMILES string of the molecule is CC.Cc1cc(CN2CCN(S(=O)(=O)F)CC2)ccn1. The molecule has 0 atom stereocenters. The summed E-state index contributed by atoms with van der Waals surface area (Å²) in [6.45, 7) is 8.18. The first-order chi connectivity index (χ1) is 9.45. The van der Waals surface area contributed by atoms with Gasteiger partial charge >= 0.3 is 10.4 Å². The van der Waals surface area contributed by atoms with Gasteiger partial charge in [-0.3, -0.25) is 9.88 Å². The lowest BCUT2D eigenvalue weighted by molar-refractivity contribution is 0.177. The van der Waals surface area contributed by atoms with Gasteiger partial charge in [-0.05, 0) is 24.6 Å². The fourth-order valence-electron chi connectivity index (χ4n) is 2.07. The summed E-state index contributed by atoms with van der Waals surface area (Å²) in [4.78, 5) is 6.23. The van der Waals surface area contributed by atoms with Crippen LogP contribution < -0.4 is 0 Å². The first kappa shape index (κ1) is 17.0. The molecule has 1 fully saturated rings. The summed E-state index contributed by atoms with van der Waals surface area (Å²) in [5.74, 6) is 0. The number of halogens is 1. The summed E-state index contributed by atoms with van der Waals surface area (Å²) in [6.07, 6.45) is 1.76. The number of rotatable bonds is 3. The molecule has 0 aliphatic carbocycles. The van der Waals surface area contributed by atoms with Gasteiger partial charge < -0.3 is 0 Å². The molecule has 1 aliphatic heterocycles. The Balaban J connectivity index is 0.000000956. The first-order valence-electron chi connectivity index (χ1n) is 6.79. The molecular weight excluding hydrogens is 281 g/mol. The Hall–Kier alpha value is -1.05. The summed E-state index contributed by atoms with van der Waals surface area (Å²) in [6, 6.07) is 3.93. The maximum Gasteiger partial charge on any atom is 0.374 e. The summed E-state index contributed by atoms with van der Waals surface area (Å²) in [7, 11) is -4.53. The predicted octanol–water partition coefficient (Wildman–Crippen LogP) is 1.75. The second-order valence-electron chi connectivity index (χ2n) is 4.42. The molecule has 0 unspecified atom stereocenters. The topological polar surface area (TPSA) is 53.5 Å². The van der Waals surface area contributed by atoms with E-state index in [1.807, 2.05) is 32.9 Å². The minimum atomic E-state index is -4.53. The molecule has 0 radical (unpaired) electrons. The smallest absolute Gasteiger partial charge is 0.296 e. The summed E-state index contributed by atoms with van der Waals surface area (Å²) in [5.41, 5.74) is 2.09. The van der Waals surface area contributed by atoms with Gasteiger partial charge in [-0.1, -0.05) is 17.7 Å². The molecule has 7 heteroatoms. The maximum absolute atomic E-state index is 12.8. The number of hydrogen-bond acceptors (Lipinski definition) is 4. The minimum Gasteiger partial charge on any atom is -0.296 e. The maximum atomic E-state index is 12.8. The van der Waals surface area contributed by atoms with Gasteiger partial charge in [0.2, 0.25) is 0 Å². The van der Waals surface area contributed by atoms with Crippen molar-refractivity contribution in [3.05, 3.63) is 29.6 Å². The highest BCUT2D eigenvalue weighted by Crippen LogP contribution is 2.12. The third kappa shape index (κ3) is 5.15. The van der Waals surface area contributed by atoms with E-state index in [4.69, 9.17) is 0 Å². The number of aromatic nitrogens is 1. The molecule has 1 saturated heterocycles. The van der Waals surface area contributed by atoms with Crippen molar-refractivity contribution < 1.29 is 12.3 Å². The van der Waals surface area contributed by atoms with E-state index in [1.165, 1.54) is 0 Å². The van der Waals surface area contributed by atoms with E-state index < -0.39 is 10.4 Å². The van der Waals surface area contributed by atoms with Crippen LogP contribution in [0.1, 0.15) is 25.1 Å². The van der Waals surface area contributed by atoms with Crippen LogP contribution in [-0.2, 0) is 17.0 Å². The fourth-order valence-corrected chi connectivity index (χ4v) is 2.67. The van der Waals surface area contributed by atoms with Crippen LogP contribution >= 0.6 is 0 Å². The van der Waals surface area contributed by atoms with Crippen LogP contribution in [0.2, 0.25) is 0 Å². The van der Waals surface area contributed by atoms with Crippen molar-refractivity contribution in [2.24, 2.45) is 0 Å². The van der Waals surface area contributed by atoms with Crippen molar-refractivity contribution in [1.29, 1.82) is 0 Å². The van der Waals surface area contributed by atoms with Crippen molar-refractivity contribution in [2.45, 2.75) is 27.3 Å². The molecule has 0 N–H and O–H groups in total. The van der Waals surface area contributed by atoms with Crippen LogP contribution in [0.4, 0.5) is 3.89 Å². The average molecular weight is 303 g/mol. The minimum absolute atomic E-state index is 0.211. The third-order valence-corrected chi connectivity index (χ3v) is 3.99. The number of pyridine rings is 1. The van der Waals surface area contributed by atoms with Crippen LogP contribution in [-0.4, -0.2) is 48.8 Å². The normalized spacial score (nSPS) is 17.4. The fraction of sp³-hybridized carbons (Fsp3) is 0.615. The average Bonchev–Trinajstić information content (AvgIpc) is 2.41. The predicted molar refractivity (Wildman–Crippen MR) is 77.2 cm³/mol. The van der Waals surface area contributed by atoms with Crippen LogP contribution in [0, 0.1) is 6.92 Å². The van der Waals surface area contributed by atoms with E-state index in [0.29, 0.717) is 13.1 Å². The molecule has 1 aromatic rings. The molecule has 1 aliphatic rings. The zero-order valence-electron chi connectivity index (χ0n) is 12.2. The van der Waals surface area contributed by atoms with Crippen LogP contribution in [0.15, 0.2) is 18.3 Å². The monoisotopic (exact) mass is 303 g/mol. The van der Waals surface area contributed by atoms with Gasteiger partial charge in [-0.15, -0.1) is 0 Å². The highest BCUT2D eigenvalue weighted by atomic mass is 32.3. The van der Waals surface area contributed by atoms with Gasteiger partial charge in [-0.2, -0.15) is 12.7 Å². The lowest BCUT2D eigenvalue weighted by Gasteiger charge is -2.31. The highest BCUT2D eigenvalue weighted by molar-refractivity contribution is 7.83. The number of aryl methyl sites for hydroxylation is 1. The second kappa shape index (κ2) is 7.66. The molecule has 0 bridgehead atoms. The quantitative estimate of drug-likeness (QED) is 0.798. The van der Waals surface area contributed by atoms with E-state index in [1.54, 1.807) is 6.20 Å². The molecular formula is C13H22FN3O2S. The number of hydrogen-bond donors (Lipinski definition) is 0. The summed E-state index contributed by atoms with van der Waals surface area (Å²) >= 11 is 0. The number of nitrogens with zero attached hydrogens (tertiary/aromatic N) is 3. The van der Waals surface area contributed by atoms with Crippen molar-refractivity contribution >= 4 is 10.4 Å². The Kier molecular flexibility index (Phi) is 6.51. The van der Waals surface area contributed by atoms with Gasteiger partial charge in [-0.25, -0.2) is 0 Å². The van der Waals surface area contributed by atoms with E-state index >= 15 is 0 Å². The van der Waals surface area contributed by atoms with E-state index in [9.17, 15) is 12.3 Å². The lowest BCUT2D eigenvalue weighted by atomic mass is 10.2. The Labute approximate surface area is 120 Å². The van der Waals surface area contributed by atoms with Gasteiger partial charge in [0.25, 0.3) is 0 Å². The van der Waals surface area contributed by atoms with Gasteiger partial charge in [0.1, 0.15) is 0 Å². The largest absolute Gasteiger partial charge is 0.374 e. The molecule has 5 nitrogen and oxygen atoms in total. The Bertz CT molecular complexity index is 514. The van der Waals surface area contributed by atoms with E-state index in [0.717, 1.165) is 22.1 Å². The third-order valence-electron chi connectivity index (χ3n) is 3.01. The molecule has 0 spiro atoms. The van der Waals surface area contributed by atoms with Crippen LogP contribution in [0.3, 0.4) is 0 Å². The second-order valence-corrected chi connectivity index (χ2v) is 5.76. The molecule has 114 valence electrons. The van der Waals surface area contributed by atoms with Gasteiger partial charge in [0, 0.05) is 44.6 Å². The van der Waals surface area contributed by atoms with E-state index in [2.05, 4.69) is 9.88 Å². The number of piperazine rings is 1. The molecule has 20 heavy (non-hydrogen) atoms. The zero-order valence-corrected chi connectivity index (χ0v) is 13.0. The molecule has 2 rings (SSSR count). The first-order valence-corrected chi connectivity index (χ1v) is 8.13. The Morgan fingerprint density at radius 3 is 2.35 bits per heavy atom. The Morgan fingerprint density at radius 1 is 1.25 bits per heavy atom. The lowest BCUT2D eigenvalue weighted by Crippen LogP contribution is -2.47. The zero-order chi connectivity index (χ0) is 15.2. The van der Waals surface area contributed by atoms with Gasteiger partial charge in [0.15, 0.2) is 0 Å². The van der Waals surface area contributed by atoms with Crippen molar-refractivity contribution in [3.63, 3.8) is 0 Å². The summed E-state index contributed by atoms with van der Waals surface area (Å²) in [5, 5.41) is 0. The molecule has 0 aromatic carbocycles. The summed E-state index contributed by atoms with van der Waals surface area (Å²) < 4.78 is 35.1. The van der Waals surface area contributed by atoms with Crippen molar-refractivity contribution in [1.82, 2.24) is 14.2 Å². The highest BCUT2D eigenvalue weighted by Gasteiger charge is 2.26. The molecule has 0 saturated carbocycles. The van der Waals surface area contributed by atoms with Crippen LogP contribution in [0.25, 0.3) is 0 Å². The molecule has 1 aromatic heterocycles. The van der Waals surface area contributed by atoms with Crippen molar-refractivity contribution in [2.75, 3.05) is 26.2 Å². The van der Waals surface area contributed by atoms with Gasteiger partial charge in [0.05, 0.1) is 0 Å². The Morgan fingerprint density at radius 2 is 1.85 bits per heavy atom. The molecule has 0 amide bonds.